The van der Waals surface area contributed by atoms with E-state index in [0.29, 0.717) is 0 Å². The maximum absolute atomic E-state index is 6.08. The van der Waals surface area contributed by atoms with Crippen LogP contribution in [0.4, 0.5) is 5.69 Å². The minimum absolute atomic E-state index is 0.741. The van der Waals surface area contributed by atoms with Gasteiger partial charge in [-0.05, 0) is 30.9 Å². The fourth-order valence-corrected chi connectivity index (χ4v) is 1.68. The van der Waals surface area contributed by atoms with Gasteiger partial charge in [-0.1, -0.05) is 25.4 Å². The van der Waals surface area contributed by atoms with E-state index in [1.165, 1.54) is 6.42 Å². The molecule has 0 bridgehead atoms. The number of anilines is 1. The molecule has 0 unspecified atom stereocenters. The quantitative estimate of drug-likeness (QED) is 0.754. The highest BCUT2D eigenvalue weighted by atomic mass is 35.5. The first-order chi connectivity index (χ1) is 7.63. The molecular weight excluding hydrogens is 222 g/mol. The average Bonchev–Trinajstić information content (AvgIpc) is 2.26. The Hall–Kier alpha value is -0.890. The Balaban J connectivity index is 2.46. The maximum Gasteiger partial charge on any atom is 0.121 e. The van der Waals surface area contributed by atoms with E-state index in [0.717, 1.165) is 35.3 Å². The molecule has 0 radical (unpaired) electrons. The van der Waals surface area contributed by atoms with E-state index in [1.54, 1.807) is 7.11 Å². The Kier molecular flexibility index (Phi) is 5.47. The van der Waals surface area contributed by atoms with Crippen molar-refractivity contribution in [2.45, 2.75) is 26.7 Å². The maximum atomic E-state index is 6.08. The van der Waals surface area contributed by atoms with Crippen LogP contribution in [0.3, 0.4) is 0 Å². The van der Waals surface area contributed by atoms with Crippen molar-refractivity contribution in [3.05, 3.63) is 23.2 Å². The van der Waals surface area contributed by atoms with Crippen LogP contribution in [-0.4, -0.2) is 13.7 Å². The van der Waals surface area contributed by atoms with E-state index in [2.05, 4.69) is 19.2 Å². The van der Waals surface area contributed by atoms with E-state index < -0.39 is 0 Å². The number of benzene rings is 1. The zero-order valence-corrected chi connectivity index (χ0v) is 11.0. The number of hydrogen-bond acceptors (Lipinski definition) is 2. The molecular formula is C13H20ClNO. The van der Waals surface area contributed by atoms with E-state index in [1.807, 2.05) is 18.2 Å². The van der Waals surface area contributed by atoms with Gasteiger partial charge >= 0.3 is 0 Å². The van der Waals surface area contributed by atoms with Crippen LogP contribution >= 0.6 is 11.6 Å². The Morgan fingerprint density at radius 3 is 2.75 bits per heavy atom. The summed E-state index contributed by atoms with van der Waals surface area (Å²) in [5.74, 6) is 1.58. The summed E-state index contributed by atoms with van der Waals surface area (Å²) in [5.41, 5.74) is 0.949. The highest BCUT2D eigenvalue weighted by molar-refractivity contribution is 6.33. The largest absolute Gasteiger partial charge is 0.497 e. The van der Waals surface area contributed by atoms with E-state index in [-0.39, 0.29) is 0 Å². The lowest BCUT2D eigenvalue weighted by molar-refractivity contribution is 0.415. The SMILES string of the molecule is COc1ccc(Cl)c(NCCCC(C)C)c1. The van der Waals surface area contributed by atoms with E-state index in [4.69, 9.17) is 16.3 Å². The van der Waals surface area contributed by atoms with Crippen LogP contribution in [0.1, 0.15) is 26.7 Å². The lowest BCUT2D eigenvalue weighted by Gasteiger charge is -2.10. The van der Waals surface area contributed by atoms with Crippen molar-refractivity contribution in [3.8, 4) is 5.75 Å². The highest BCUT2D eigenvalue weighted by Gasteiger charge is 2.01. The molecule has 0 atom stereocenters. The Bertz CT molecular complexity index is 326. The molecule has 1 aromatic carbocycles. The van der Waals surface area contributed by atoms with Gasteiger partial charge < -0.3 is 10.1 Å². The molecule has 0 heterocycles. The van der Waals surface area contributed by atoms with Gasteiger partial charge in [0.05, 0.1) is 17.8 Å². The van der Waals surface area contributed by atoms with E-state index >= 15 is 0 Å². The molecule has 1 aromatic rings. The van der Waals surface area contributed by atoms with Gasteiger partial charge in [-0.15, -0.1) is 0 Å². The zero-order valence-electron chi connectivity index (χ0n) is 10.2. The first kappa shape index (κ1) is 13.2. The van der Waals surface area contributed by atoms with Crippen LogP contribution in [0.25, 0.3) is 0 Å². The van der Waals surface area contributed by atoms with Crippen LogP contribution in [-0.2, 0) is 0 Å². The van der Waals surface area contributed by atoms with Crippen molar-refractivity contribution in [2.24, 2.45) is 5.92 Å². The van der Waals surface area contributed by atoms with Gasteiger partial charge in [-0.2, -0.15) is 0 Å². The summed E-state index contributed by atoms with van der Waals surface area (Å²) in [7, 11) is 1.66. The van der Waals surface area contributed by atoms with Crippen molar-refractivity contribution >= 4 is 17.3 Å². The van der Waals surface area contributed by atoms with Gasteiger partial charge in [-0.25, -0.2) is 0 Å². The molecule has 0 amide bonds. The number of ether oxygens (including phenoxy) is 1. The summed E-state index contributed by atoms with van der Waals surface area (Å²) in [6.07, 6.45) is 2.39. The van der Waals surface area contributed by atoms with Crippen molar-refractivity contribution < 1.29 is 4.74 Å². The van der Waals surface area contributed by atoms with Crippen LogP contribution in [0, 0.1) is 5.92 Å². The third-order valence-electron chi connectivity index (χ3n) is 2.45. The minimum Gasteiger partial charge on any atom is -0.497 e. The molecule has 0 aliphatic carbocycles. The van der Waals surface area contributed by atoms with Crippen molar-refractivity contribution in [3.63, 3.8) is 0 Å². The van der Waals surface area contributed by atoms with Crippen LogP contribution in [0.2, 0.25) is 5.02 Å². The Morgan fingerprint density at radius 2 is 2.12 bits per heavy atom. The summed E-state index contributed by atoms with van der Waals surface area (Å²) in [5, 5.41) is 4.07. The average molecular weight is 242 g/mol. The first-order valence-corrected chi connectivity index (χ1v) is 6.08. The van der Waals surface area contributed by atoms with Crippen LogP contribution in [0.5, 0.6) is 5.75 Å². The molecule has 0 spiro atoms. The topological polar surface area (TPSA) is 21.3 Å². The second-order valence-electron chi connectivity index (χ2n) is 4.31. The molecule has 0 aliphatic heterocycles. The number of methoxy groups -OCH3 is 1. The molecule has 0 aliphatic rings. The standard InChI is InChI=1S/C13H20ClNO/c1-10(2)5-4-8-15-13-9-11(16-3)6-7-12(13)14/h6-7,9-10,15H,4-5,8H2,1-3H3. The van der Waals surface area contributed by atoms with Crippen molar-refractivity contribution in [1.82, 2.24) is 0 Å². The molecule has 2 nitrogen and oxygen atoms in total. The third kappa shape index (κ3) is 4.31. The third-order valence-corrected chi connectivity index (χ3v) is 2.78. The number of halogens is 1. The van der Waals surface area contributed by atoms with Gasteiger partial charge in [0.1, 0.15) is 5.75 Å². The number of hydrogen-bond donors (Lipinski definition) is 1. The van der Waals surface area contributed by atoms with Crippen LogP contribution in [0.15, 0.2) is 18.2 Å². The normalized spacial score (nSPS) is 10.6. The molecule has 90 valence electrons. The first-order valence-electron chi connectivity index (χ1n) is 5.71. The predicted molar refractivity (Wildman–Crippen MR) is 70.6 cm³/mol. The highest BCUT2D eigenvalue weighted by Crippen LogP contribution is 2.26. The predicted octanol–water partition coefficient (Wildman–Crippen LogP) is 4.20. The molecule has 0 fully saturated rings. The summed E-state index contributed by atoms with van der Waals surface area (Å²) in [6.45, 7) is 5.42. The number of nitrogens with one attached hydrogen (secondary N) is 1. The summed E-state index contributed by atoms with van der Waals surface area (Å²) in [6, 6.07) is 5.64. The lowest BCUT2D eigenvalue weighted by atomic mass is 10.1. The summed E-state index contributed by atoms with van der Waals surface area (Å²) in [4.78, 5) is 0. The fraction of sp³-hybridized carbons (Fsp3) is 0.538. The van der Waals surface area contributed by atoms with Crippen LogP contribution < -0.4 is 10.1 Å². The molecule has 0 saturated heterocycles. The lowest BCUT2D eigenvalue weighted by Crippen LogP contribution is -2.03. The second-order valence-corrected chi connectivity index (χ2v) is 4.72. The van der Waals surface area contributed by atoms with E-state index in [9.17, 15) is 0 Å². The Morgan fingerprint density at radius 1 is 1.38 bits per heavy atom. The smallest absolute Gasteiger partial charge is 0.121 e. The number of rotatable bonds is 6. The van der Waals surface area contributed by atoms with Crippen molar-refractivity contribution in [1.29, 1.82) is 0 Å². The molecule has 0 aromatic heterocycles. The molecule has 0 saturated carbocycles. The molecule has 3 heteroatoms. The molecule has 1 N–H and O–H groups in total. The van der Waals surface area contributed by atoms with Gasteiger partial charge in [0.2, 0.25) is 0 Å². The van der Waals surface area contributed by atoms with Gasteiger partial charge in [0.15, 0.2) is 0 Å². The second kappa shape index (κ2) is 6.64. The summed E-state index contributed by atoms with van der Waals surface area (Å²) >= 11 is 6.08. The molecule has 16 heavy (non-hydrogen) atoms. The monoisotopic (exact) mass is 241 g/mol. The minimum atomic E-state index is 0.741. The zero-order chi connectivity index (χ0) is 12.0. The van der Waals surface area contributed by atoms with Gasteiger partial charge in [-0.3, -0.25) is 0 Å². The van der Waals surface area contributed by atoms with Crippen molar-refractivity contribution in [2.75, 3.05) is 19.0 Å². The van der Waals surface area contributed by atoms with Gasteiger partial charge in [0.25, 0.3) is 0 Å². The Labute approximate surface area is 103 Å². The summed E-state index contributed by atoms with van der Waals surface area (Å²) < 4.78 is 5.16. The van der Waals surface area contributed by atoms with Gasteiger partial charge in [0, 0.05) is 12.6 Å². The molecule has 1 rings (SSSR count). The fourth-order valence-electron chi connectivity index (χ4n) is 1.50.